The van der Waals surface area contributed by atoms with Gasteiger partial charge in [-0.3, -0.25) is 0 Å². The fraction of sp³-hybridized carbons (Fsp3) is 0.769. The van der Waals surface area contributed by atoms with Crippen LogP contribution in [0.1, 0.15) is 49.7 Å². The molecule has 0 amide bonds. The summed E-state index contributed by atoms with van der Waals surface area (Å²) in [4.78, 5) is 4.76. The normalized spacial score (nSPS) is 18.7. The first-order valence-corrected chi connectivity index (χ1v) is 7.47. The molecule has 0 spiro atoms. The molecule has 1 aliphatic carbocycles. The van der Waals surface area contributed by atoms with E-state index in [1.54, 1.807) is 11.3 Å². The molecule has 1 heterocycles. The Hall–Kier alpha value is -0.450. The van der Waals surface area contributed by atoms with Crippen LogP contribution in [-0.4, -0.2) is 18.1 Å². The van der Waals surface area contributed by atoms with Crippen LogP contribution in [0.15, 0.2) is 5.38 Å². The van der Waals surface area contributed by atoms with E-state index in [0.717, 1.165) is 38.8 Å². The van der Waals surface area contributed by atoms with Crippen molar-refractivity contribution in [2.45, 2.75) is 51.0 Å². The Morgan fingerprint density at radius 2 is 2.24 bits per heavy atom. The molecule has 2 rings (SSSR count). The maximum absolute atomic E-state index is 6.02. The number of hydrogen-bond donors (Lipinski definition) is 1. The quantitative estimate of drug-likeness (QED) is 0.849. The Morgan fingerprint density at radius 3 is 2.88 bits per heavy atom. The van der Waals surface area contributed by atoms with Gasteiger partial charge in [-0.15, -0.1) is 11.3 Å². The van der Waals surface area contributed by atoms with Crippen LogP contribution in [0.3, 0.4) is 0 Å². The number of rotatable bonds is 6. The van der Waals surface area contributed by atoms with Gasteiger partial charge in [-0.05, 0) is 39.2 Å². The molecule has 1 aliphatic rings. The number of thiazole rings is 1. The minimum atomic E-state index is -0.0691. The zero-order valence-corrected chi connectivity index (χ0v) is 11.4. The maximum atomic E-state index is 6.02. The molecule has 0 atom stereocenters. The van der Waals surface area contributed by atoms with Gasteiger partial charge in [0.2, 0.25) is 0 Å². The molecular weight excluding hydrogens is 232 g/mol. The van der Waals surface area contributed by atoms with Crippen molar-refractivity contribution in [3.8, 4) is 0 Å². The molecule has 1 saturated carbocycles. The number of aryl methyl sites for hydroxylation is 1. The Morgan fingerprint density at radius 1 is 1.47 bits per heavy atom. The lowest BCUT2D eigenvalue weighted by Gasteiger charge is -2.26. The van der Waals surface area contributed by atoms with Crippen LogP contribution < -0.4 is 5.73 Å². The highest BCUT2D eigenvalue weighted by atomic mass is 32.1. The summed E-state index contributed by atoms with van der Waals surface area (Å²) in [6.45, 7) is 3.59. The molecule has 4 heteroatoms. The molecule has 1 aromatic heterocycles. The van der Waals surface area contributed by atoms with Gasteiger partial charge in [0.15, 0.2) is 0 Å². The highest BCUT2D eigenvalue weighted by Gasteiger charge is 2.38. The van der Waals surface area contributed by atoms with Crippen LogP contribution in [0.2, 0.25) is 0 Å². The topological polar surface area (TPSA) is 48.1 Å². The number of nitrogens with two attached hydrogens (primary N) is 1. The fourth-order valence-electron chi connectivity index (χ4n) is 2.56. The Kier molecular flexibility index (Phi) is 4.54. The molecule has 2 N–H and O–H groups in total. The summed E-state index contributed by atoms with van der Waals surface area (Å²) in [7, 11) is 0. The third kappa shape index (κ3) is 2.87. The van der Waals surface area contributed by atoms with Gasteiger partial charge in [0.05, 0.1) is 5.69 Å². The van der Waals surface area contributed by atoms with Crippen LogP contribution in [-0.2, 0) is 16.8 Å². The van der Waals surface area contributed by atoms with Gasteiger partial charge >= 0.3 is 0 Å². The summed E-state index contributed by atoms with van der Waals surface area (Å²) < 4.78 is 6.02. The SMILES string of the molecule is CCOC1(c2nc(CCCN)cs2)CCCC1. The molecule has 17 heavy (non-hydrogen) atoms. The molecule has 96 valence electrons. The second kappa shape index (κ2) is 5.94. The monoisotopic (exact) mass is 254 g/mol. The van der Waals surface area contributed by atoms with Crippen LogP contribution in [0, 0.1) is 0 Å². The van der Waals surface area contributed by atoms with Gasteiger partial charge in [-0.25, -0.2) is 4.98 Å². The van der Waals surface area contributed by atoms with E-state index < -0.39 is 0 Å². The first-order valence-electron chi connectivity index (χ1n) is 6.59. The summed E-state index contributed by atoms with van der Waals surface area (Å²) in [5.41, 5.74) is 6.64. The largest absolute Gasteiger partial charge is 0.368 e. The highest BCUT2D eigenvalue weighted by molar-refractivity contribution is 7.09. The number of aromatic nitrogens is 1. The van der Waals surface area contributed by atoms with E-state index in [1.807, 2.05) is 0 Å². The predicted molar refractivity (Wildman–Crippen MR) is 71.3 cm³/mol. The van der Waals surface area contributed by atoms with Crippen molar-refractivity contribution in [3.63, 3.8) is 0 Å². The van der Waals surface area contributed by atoms with Crippen LogP contribution in [0.25, 0.3) is 0 Å². The summed E-state index contributed by atoms with van der Waals surface area (Å²) in [5, 5.41) is 3.35. The maximum Gasteiger partial charge on any atom is 0.125 e. The van der Waals surface area contributed by atoms with Crippen molar-refractivity contribution in [1.82, 2.24) is 4.98 Å². The molecule has 3 nitrogen and oxygen atoms in total. The first kappa shape index (κ1) is 13.0. The van der Waals surface area contributed by atoms with Crippen molar-refractivity contribution >= 4 is 11.3 Å². The summed E-state index contributed by atoms with van der Waals surface area (Å²) in [6.07, 6.45) is 6.80. The highest BCUT2D eigenvalue weighted by Crippen LogP contribution is 2.43. The molecule has 0 bridgehead atoms. The number of ether oxygens (including phenoxy) is 1. The molecule has 1 fully saturated rings. The lowest BCUT2D eigenvalue weighted by Crippen LogP contribution is -2.26. The van der Waals surface area contributed by atoms with Crippen molar-refractivity contribution in [1.29, 1.82) is 0 Å². The van der Waals surface area contributed by atoms with Crippen LogP contribution in [0.5, 0.6) is 0 Å². The Bertz CT molecular complexity index is 345. The standard InChI is InChI=1S/C13H22N2OS/c1-2-16-13(7-3-4-8-13)12-15-11(10-17-12)6-5-9-14/h10H,2-9,14H2,1H3. The Labute approximate surface area is 107 Å². The van der Waals surface area contributed by atoms with Crippen molar-refractivity contribution in [2.24, 2.45) is 5.73 Å². The second-order valence-corrected chi connectivity index (χ2v) is 5.53. The van der Waals surface area contributed by atoms with E-state index in [9.17, 15) is 0 Å². The summed E-state index contributed by atoms with van der Waals surface area (Å²) in [6, 6.07) is 0. The van der Waals surface area contributed by atoms with Gasteiger partial charge < -0.3 is 10.5 Å². The van der Waals surface area contributed by atoms with E-state index in [0.29, 0.717) is 0 Å². The first-order chi connectivity index (χ1) is 8.30. The van der Waals surface area contributed by atoms with E-state index in [1.165, 1.54) is 23.5 Å². The minimum absolute atomic E-state index is 0.0691. The predicted octanol–water partition coefficient (Wildman–Crippen LogP) is 2.84. The van der Waals surface area contributed by atoms with Crippen LogP contribution in [0.4, 0.5) is 0 Å². The van der Waals surface area contributed by atoms with Gasteiger partial charge in [0.1, 0.15) is 10.6 Å². The molecule has 0 unspecified atom stereocenters. The van der Waals surface area contributed by atoms with E-state index in [4.69, 9.17) is 15.5 Å². The lowest BCUT2D eigenvalue weighted by atomic mass is 10.0. The molecule has 0 saturated heterocycles. The third-order valence-electron chi connectivity index (χ3n) is 3.41. The second-order valence-electron chi connectivity index (χ2n) is 4.67. The zero-order chi connectivity index (χ0) is 12.1. The average molecular weight is 254 g/mol. The molecule has 0 aliphatic heterocycles. The van der Waals surface area contributed by atoms with E-state index in [2.05, 4.69) is 12.3 Å². The smallest absolute Gasteiger partial charge is 0.125 e. The van der Waals surface area contributed by atoms with Crippen LogP contribution >= 0.6 is 11.3 Å². The summed E-state index contributed by atoms with van der Waals surface area (Å²) in [5.74, 6) is 0. The average Bonchev–Trinajstić information content (AvgIpc) is 2.96. The fourth-order valence-corrected chi connectivity index (χ4v) is 3.62. The Balaban J connectivity index is 2.10. The summed E-state index contributed by atoms with van der Waals surface area (Å²) >= 11 is 1.76. The molecule has 1 aromatic rings. The van der Waals surface area contributed by atoms with Gasteiger partial charge in [0.25, 0.3) is 0 Å². The molecule has 0 radical (unpaired) electrons. The third-order valence-corrected chi connectivity index (χ3v) is 4.49. The van der Waals surface area contributed by atoms with E-state index in [-0.39, 0.29) is 5.60 Å². The number of nitrogens with zero attached hydrogens (tertiary/aromatic N) is 1. The van der Waals surface area contributed by atoms with Gasteiger partial charge in [0, 0.05) is 12.0 Å². The van der Waals surface area contributed by atoms with Crippen molar-refractivity contribution in [3.05, 3.63) is 16.1 Å². The van der Waals surface area contributed by atoms with Crippen molar-refractivity contribution in [2.75, 3.05) is 13.2 Å². The van der Waals surface area contributed by atoms with Gasteiger partial charge in [-0.2, -0.15) is 0 Å². The van der Waals surface area contributed by atoms with E-state index >= 15 is 0 Å². The molecular formula is C13H22N2OS. The van der Waals surface area contributed by atoms with Gasteiger partial charge in [-0.1, -0.05) is 12.8 Å². The number of hydrogen-bond acceptors (Lipinski definition) is 4. The lowest BCUT2D eigenvalue weighted by molar-refractivity contribution is -0.0392. The minimum Gasteiger partial charge on any atom is -0.368 e. The van der Waals surface area contributed by atoms with Crippen molar-refractivity contribution < 1.29 is 4.74 Å². The molecule has 0 aromatic carbocycles. The zero-order valence-electron chi connectivity index (χ0n) is 10.6.